The first-order valence-electron chi connectivity index (χ1n) is 7.45. The van der Waals surface area contributed by atoms with Crippen LogP contribution in [0.25, 0.3) is 0 Å². The minimum atomic E-state index is -0.293. The fourth-order valence-corrected chi connectivity index (χ4v) is 2.83. The van der Waals surface area contributed by atoms with Crippen LogP contribution in [0, 0.1) is 0 Å². The van der Waals surface area contributed by atoms with Crippen LogP contribution in [0.3, 0.4) is 0 Å². The number of rotatable bonds is 5. The molecule has 5 heteroatoms. The lowest BCUT2D eigenvalue weighted by molar-refractivity contribution is -0.222. The molecule has 1 aromatic carbocycles. The van der Waals surface area contributed by atoms with Crippen LogP contribution in [0.5, 0.6) is 5.75 Å². The summed E-state index contributed by atoms with van der Waals surface area (Å²) in [5.41, 5.74) is 1.07. The standard InChI is InChI=1S/C16H22O5/c1-3-13-14(15-16(21-13)19-8-7-18-15)20-10-11-5-4-6-12(9-11)17-2/h4-6,9,13-16H,3,7-8,10H2,1-2H3/t13-,14+,15-,16+/m1/s1. The lowest BCUT2D eigenvalue weighted by Gasteiger charge is -2.28. The molecule has 0 radical (unpaired) electrons. The van der Waals surface area contributed by atoms with Gasteiger partial charge in [-0.15, -0.1) is 0 Å². The maximum Gasteiger partial charge on any atom is 0.186 e. The van der Waals surface area contributed by atoms with Gasteiger partial charge in [0.25, 0.3) is 0 Å². The van der Waals surface area contributed by atoms with E-state index in [4.69, 9.17) is 23.7 Å². The molecule has 21 heavy (non-hydrogen) atoms. The van der Waals surface area contributed by atoms with Crippen LogP contribution in [0.4, 0.5) is 0 Å². The highest BCUT2D eigenvalue weighted by Crippen LogP contribution is 2.31. The predicted octanol–water partition coefficient (Wildman–Crippen LogP) is 2.13. The third-order valence-corrected chi connectivity index (χ3v) is 3.92. The summed E-state index contributed by atoms with van der Waals surface area (Å²) in [5, 5.41) is 0. The number of benzene rings is 1. The van der Waals surface area contributed by atoms with Crippen molar-refractivity contribution < 1.29 is 23.7 Å². The van der Waals surface area contributed by atoms with Crippen molar-refractivity contribution >= 4 is 0 Å². The summed E-state index contributed by atoms with van der Waals surface area (Å²) < 4.78 is 28.6. The van der Waals surface area contributed by atoms with E-state index in [1.807, 2.05) is 24.3 Å². The van der Waals surface area contributed by atoms with Crippen molar-refractivity contribution in [1.29, 1.82) is 0 Å². The molecule has 0 saturated carbocycles. The number of methoxy groups -OCH3 is 1. The predicted molar refractivity (Wildman–Crippen MR) is 76.2 cm³/mol. The molecule has 5 nitrogen and oxygen atoms in total. The molecule has 2 saturated heterocycles. The van der Waals surface area contributed by atoms with E-state index in [9.17, 15) is 0 Å². The molecule has 2 aliphatic rings. The van der Waals surface area contributed by atoms with E-state index in [0.717, 1.165) is 17.7 Å². The third-order valence-electron chi connectivity index (χ3n) is 3.92. The second-order valence-electron chi connectivity index (χ2n) is 5.28. The summed E-state index contributed by atoms with van der Waals surface area (Å²) >= 11 is 0. The van der Waals surface area contributed by atoms with Crippen LogP contribution in [-0.2, 0) is 25.6 Å². The first kappa shape index (κ1) is 14.8. The SMILES string of the molecule is CC[C@H]1O[C@@H]2OCCO[C@@H]2[C@H]1OCc1cccc(OC)c1. The van der Waals surface area contributed by atoms with Crippen molar-refractivity contribution in [1.82, 2.24) is 0 Å². The van der Waals surface area contributed by atoms with E-state index >= 15 is 0 Å². The Labute approximate surface area is 125 Å². The van der Waals surface area contributed by atoms with Crippen molar-refractivity contribution in [2.45, 2.75) is 44.6 Å². The number of hydrogen-bond donors (Lipinski definition) is 0. The Morgan fingerprint density at radius 2 is 2.10 bits per heavy atom. The van der Waals surface area contributed by atoms with Gasteiger partial charge in [0.05, 0.1) is 33.0 Å². The molecule has 0 aliphatic carbocycles. The maximum atomic E-state index is 6.08. The van der Waals surface area contributed by atoms with Gasteiger partial charge in [0.2, 0.25) is 0 Å². The molecule has 0 spiro atoms. The van der Waals surface area contributed by atoms with Crippen LogP contribution < -0.4 is 4.74 Å². The molecule has 0 aromatic heterocycles. The van der Waals surface area contributed by atoms with Gasteiger partial charge in [0.15, 0.2) is 6.29 Å². The summed E-state index contributed by atoms with van der Waals surface area (Å²) in [6.45, 7) is 3.78. The highest BCUT2D eigenvalue weighted by atomic mass is 16.7. The van der Waals surface area contributed by atoms with E-state index in [1.165, 1.54) is 0 Å². The van der Waals surface area contributed by atoms with Gasteiger partial charge in [0.1, 0.15) is 18.0 Å². The molecule has 0 amide bonds. The minimum absolute atomic E-state index is 0.0173. The van der Waals surface area contributed by atoms with Crippen molar-refractivity contribution in [2.75, 3.05) is 20.3 Å². The fourth-order valence-electron chi connectivity index (χ4n) is 2.83. The summed E-state index contributed by atoms with van der Waals surface area (Å²) in [7, 11) is 1.66. The van der Waals surface area contributed by atoms with Crippen LogP contribution in [0.2, 0.25) is 0 Å². The summed E-state index contributed by atoms with van der Waals surface area (Å²) in [6.07, 6.45) is 0.381. The smallest absolute Gasteiger partial charge is 0.186 e. The molecule has 4 atom stereocenters. The summed E-state index contributed by atoms with van der Waals surface area (Å²) in [6, 6.07) is 7.88. The number of hydrogen-bond acceptors (Lipinski definition) is 5. The third kappa shape index (κ3) is 3.21. The summed E-state index contributed by atoms with van der Waals surface area (Å²) in [5.74, 6) is 0.834. The molecule has 0 N–H and O–H groups in total. The highest BCUT2D eigenvalue weighted by molar-refractivity contribution is 5.27. The van der Waals surface area contributed by atoms with Gasteiger partial charge >= 0.3 is 0 Å². The maximum absolute atomic E-state index is 6.08. The second kappa shape index (κ2) is 6.75. The molecular formula is C16H22O5. The van der Waals surface area contributed by atoms with Crippen molar-refractivity contribution in [3.63, 3.8) is 0 Å². The monoisotopic (exact) mass is 294 g/mol. The van der Waals surface area contributed by atoms with Gasteiger partial charge in [0, 0.05) is 0 Å². The Hall–Kier alpha value is -1.14. The van der Waals surface area contributed by atoms with E-state index in [-0.39, 0.29) is 24.6 Å². The van der Waals surface area contributed by atoms with Crippen LogP contribution >= 0.6 is 0 Å². The van der Waals surface area contributed by atoms with Gasteiger partial charge in [-0.2, -0.15) is 0 Å². The van der Waals surface area contributed by atoms with Crippen LogP contribution in [0.1, 0.15) is 18.9 Å². The van der Waals surface area contributed by atoms with Gasteiger partial charge < -0.3 is 23.7 Å². The topological polar surface area (TPSA) is 46.2 Å². The lowest BCUT2D eigenvalue weighted by Crippen LogP contribution is -2.42. The molecule has 2 aliphatic heterocycles. The zero-order valence-electron chi connectivity index (χ0n) is 12.5. The van der Waals surface area contributed by atoms with Crippen molar-refractivity contribution in [3.8, 4) is 5.75 Å². The normalized spacial score (nSPS) is 31.9. The zero-order valence-corrected chi connectivity index (χ0v) is 12.5. The van der Waals surface area contributed by atoms with Gasteiger partial charge in [-0.05, 0) is 24.1 Å². The largest absolute Gasteiger partial charge is 0.497 e. The molecule has 0 unspecified atom stereocenters. The molecule has 3 rings (SSSR count). The molecule has 2 fully saturated rings. The highest BCUT2D eigenvalue weighted by Gasteiger charge is 2.47. The Kier molecular flexibility index (Phi) is 4.75. The molecule has 116 valence electrons. The van der Waals surface area contributed by atoms with Crippen molar-refractivity contribution in [3.05, 3.63) is 29.8 Å². The van der Waals surface area contributed by atoms with E-state index in [2.05, 4.69) is 6.92 Å². The zero-order chi connectivity index (χ0) is 14.7. The number of ether oxygens (including phenoxy) is 5. The Morgan fingerprint density at radius 3 is 2.90 bits per heavy atom. The Balaban J connectivity index is 1.64. The van der Waals surface area contributed by atoms with Crippen LogP contribution in [0.15, 0.2) is 24.3 Å². The Morgan fingerprint density at radius 1 is 1.24 bits per heavy atom. The quantitative estimate of drug-likeness (QED) is 0.832. The number of fused-ring (bicyclic) bond motifs is 1. The van der Waals surface area contributed by atoms with Gasteiger partial charge in [-0.3, -0.25) is 0 Å². The molecule has 0 bridgehead atoms. The van der Waals surface area contributed by atoms with Crippen molar-refractivity contribution in [2.24, 2.45) is 0 Å². The lowest BCUT2D eigenvalue weighted by atomic mass is 10.1. The van der Waals surface area contributed by atoms with E-state index in [0.29, 0.717) is 19.8 Å². The van der Waals surface area contributed by atoms with Crippen LogP contribution in [-0.4, -0.2) is 44.9 Å². The molecular weight excluding hydrogens is 272 g/mol. The molecule has 2 heterocycles. The average molecular weight is 294 g/mol. The average Bonchev–Trinajstić information content (AvgIpc) is 2.91. The fraction of sp³-hybridized carbons (Fsp3) is 0.625. The molecule has 1 aromatic rings. The minimum Gasteiger partial charge on any atom is -0.497 e. The Bertz CT molecular complexity index is 464. The first-order chi connectivity index (χ1) is 10.3. The van der Waals surface area contributed by atoms with Gasteiger partial charge in [-0.25, -0.2) is 0 Å². The second-order valence-corrected chi connectivity index (χ2v) is 5.28. The van der Waals surface area contributed by atoms with E-state index in [1.54, 1.807) is 7.11 Å². The van der Waals surface area contributed by atoms with E-state index < -0.39 is 0 Å². The summed E-state index contributed by atoms with van der Waals surface area (Å²) in [4.78, 5) is 0. The van der Waals surface area contributed by atoms with Gasteiger partial charge in [-0.1, -0.05) is 19.1 Å². The first-order valence-corrected chi connectivity index (χ1v) is 7.45.